The van der Waals surface area contributed by atoms with E-state index in [1.54, 1.807) is 12.3 Å². The highest BCUT2D eigenvalue weighted by Crippen LogP contribution is 2.01. The zero-order chi connectivity index (χ0) is 9.84. The fraction of sp³-hybridized carbons (Fsp3) is 0.500. The van der Waals surface area contributed by atoms with Crippen LogP contribution in [0, 0.1) is 0 Å². The Bertz CT molecular complexity index is 243. The molecule has 0 amide bonds. The summed E-state index contributed by atoms with van der Waals surface area (Å²) in [5, 5.41) is 8.86. The molecule has 0 aromatic carbocycles. The minimum atomic E-state index is -0.960. The first-order chi connectivity index (χ1) is 6.11. The van der Waals surface area contributed by atoms with Crippen LogP contribution in [0.5, 0.6) is 0 Å². The minimum Gasteiger partial charge on any atom is -0.372 e. The highest BCUT2D eigenvalue weighted by atomic mass is 19.2. The third-order valence-electron chi connectivity index (χ3n) is 1.33. The topological polar surface area (TPSA) is 59.9 Å². The zero-order valence-corrected chi connectivity index (χ0v) is 6.96. The van der Waals surface area contributed by atoms with E-state index < -0.39 is 12.2 Å². The molecule has 0 aromatic heterocycles. The number of rotatable bonds is 2. The third kappa shape index (κ3) is 2.96. The summed E-state index contributed by atoms with van der Waals surface area (Å²) in [6.07, 6.45) is 0.355. The lowest BCUT2D eigenvalue weighted by atomic mass is 10.4. The number of aliphatic imine (C=N–C) groups is 1. The molecular formula is C6H10F2N4O. The quantitative estimate of drug-likeness (QED) is 0.430. The van der Waals surface area contributed by atoms with Gasteiger partial charge in [-0.05, 0) is 6.42 Å². The number of hydrogen-bond acceptors (Lipinski definition) is 4. The predicted molar refractivity (Wildman–Crippen MR) is 42.1 cm³/mol. The standard InChI is InChI=1S/C6H10F2N4O/c1-2-6(13)9-5-3-4(7)10-12(8)11-5/h3,6,10,13H,2H2,1H3,(H,9,11). The van der Waals surface area contributed by atoms with E-state index in [-0.39, 0.29) is 11.2 Å². The molecule has 0 bridgehead atoms. The van der Waals surface area contributed by atoms with Gasteiger partial charge in [-0.1, -0.05) is 11.4 Å². The number of aliphatic hydroxyl groups is 1. The number of hydrogen-bond donors (Lipinski definition) is 3. The van der Waals surface area contributed by atoms with Gasteiger partial charge >= 0.3 is 0 Å². The first-order valence-electron chi connectivity index (χ1n) is 3.74. The van der Waals surface area contributed by atoms with Crippen molar-refractivity contribution in [1.29, 1.82) is 0 Å². The number of nitrogens with zero attached hydrogens (tertiary/aromatic N) is 2. The third-order valence-corrected chi connectivity index (χ3v) is 1.33. The van der Waals surface area contributed by atoms with Crippen molar-refractivity contribution in [1.82, 2.24) is 16.2 Å². The van der Waals surface area contributed by atoms with Gasteiger partial charge in [-0.25, -0.2) is 10.4 Å². The van der Waals surface area contributed by atoms with E-state index in [1.807, 2.05) is 5.43 Å². The Morgan fingerprint density at radius 3 is 2.92 bits per heavy atom. The maximum Gasteiger partial charge on any atom is 0.208 e. The van der Waals surface area contributed by atoms with Crippen LogP contribution < -0.4 is 10.9 Å². The molecule has 1 rings (SSSR count). The van der Waals surface area contributed by atoms with Crippen LogP contribution >= 0.6 is 0 Å². The molecule has 0 aromatic rings. The van der Waals surface area contributed by atoms with E-state index in [9.17, 15) is 8.87 Å². The van der Waals surface area contributed by atoms with Gasteiger partial charge in [0.05, 0.1) is 0 Å². The summed E-state index contributed by atoms with van der Waals surface area (Å²) >= 11 is 0. The molecule has 0 spiro atoms. The summed E-state index contributed by atoms with van der Waals surface area (Å²) in [4.78, 5) is 3.58. The molecule has 3 N–H and O–H groups in total. The van der Waals surface area contributed by atoms with E-state index in [1.165, 1.54) is 0 Å². The molecule has 1 aliphatic rings. The molecule has 1 unspecified atom stereocenters. The second-order valence-corrected chi connectivity index (χ2v) is 2.40. The van der Waals surface area contributed by atoms with Crippen molar-refractivity contribution in [3.05, 3.63) is 12.0 Å². The van der Waals surface area contributed by atoms with Crippen LogP contribution in [0.4, 0.5) is 8.87 Å². The lowest BCUT2D eigenvalue weighted by Crippen LogP contribution is -2.47. The summed E-state index contributed by atoms with van der Waals surface area (Å²) < 4.78 is 24.9. The van der Waals surface area contributed by atoms with Gasteiger partial charge in [-0.15, -0.1) is 0 Å². The van der Waals surface area contributed by atoms with Gasteiger partial charge in [-0.2, -0.15) is 4.39 Å². The van der Waals surface area contributed by atoms with Crippen LogP contribution in [0.2, 0.25) is 0 Å². The van der Waals surface area contributed by atoms with Crippen molar-refractivity contribution in [3.63, 3.8) is 0 Å². The normalized spacial score (nSPS) is 23.4. The Morgan fingerprint density at radius 1 is 1.69 bits per heavy atom. The van der Waals surface area contributed by atoms with Crippen molar-refractivity contribution in [3.8, 4) is 0 Å². The van der Waals surface area contributed by atoms with Gasteiger partial charge in [0, 0.05) is 11.4 Å². The van der Waals surface area contributed by atoms with Gasteiger partial charge in [0.2, 0.25) is 5.95 Å². The summed E-state index contributed by atoms with van der Waals surface area (Å²) in [7, 11) is 0. The van der Waals surface area contributed by atoms with Gasteiger partial charge in [-0.3, -0.25) is 5.43 Å². The van der Waals surface area contributed by atoms with Crippen LogP contribution in [0.1, 0.15) is 13.3 Å². The number of nitrogens with one attached hydrogen (secondary N) is 2. The molecule has 0 aliphatic carbocycles. The van der Waals surface area contributed by atoms with Crippen molar-refractivity contribution in [2.45, 2.75) is 19.6 Å². The summed E-state index contributed by atoms with van der Waals surface area (Å²) in [6, 6.07) is 0. The van der Waals surface area contributed by atoms with Gasteiger partial charge in [0.25, 0.3) is 0 Å². The van der Waals surface area contributed by atoms with Crippen LogP contribution in [-0.4, -0.2) is 22.5 Å². The summed E-state index contributed by atoms with van der Waals surface area (Å²) in [6.45, 7) is 1.70. The zero-order valence-electron chi connectivity index (χ0n) is 6.96. The Balaban J connectivity index is 2.69. The van der Waals surface area contributed by atoms with Crippen LogP contribution in [-0.2, 0) is 0 Å². The first kappa shape index (κ1) is 9.87. The van der Waals surface area contributed by atoms with Crippen molar-refractivity contribution in [2.24, 2.45) is 4.99 Å². The van der Waals surface area contributed by atoms with Crippen LogP contribution in [0.15, 0.2) is 17.0 Å². The lowest BCUT2D eigenvalue weighted by molar-refractivity contribution is -0.0616. The highest BCUT2D eigenvalue weighted by molar-refractivity contribution is 5.93. The molecule has 0 radical (unpaired) electrons. The monoisotopic (exact) mass is 192 g/mol. The predicted octanol–water partition coefficient (Wildman–Crippen LogP) is 0.134. The van der Waals surface area contributed by atoms with Crippen molar-refractivity contribution in [2.75, 3.05) is 0 Å². The van der Waals surface area contributed by atoms with Gasteiger partial charge < -0.3 is 5.11 Å². The Labute approximate surface area is 73.6 Å². The average Bonchev–Trinajstić information content (AvgIpc) is 2.02. The molecular weight excluding hydrogens is 182 g/mol. The molecule has 74 valence electrons. The van der Waals surface area contributed by atoms with Crippen molar-refractivity contribution >= 4 is 5.84 Å². The summed E-state index contributed by atoms with van der Waals surface area (Å²) in [5.41, 5.74) is 3.73. The maximum atomic E-state index is 12.5. The Morgan fingerprint density at radius 2 is 2.38 bits per heavy atom. The smallest absolute Gasteiger partial charge is 0.208 e. The molecule has 1 heterocycles. The van der Waals surface area contributed by atoms with Crippen LogP contribution in [0.3, 0.4) is 0 Å². The van der Waals surface area contributed by atoms with Gasteiger partial charge in [0.1, 0.15) is 12.1 Å². The van der Waals surface area contributed by atoms with Crippen molar-refractivity contribution < 1.29 is 14.0 Å². The Hall–Kier alpha value is -1.21. The molecule has 13 heavy (non-hydrogen) atoms. The molecule has 7 heteroatoms. The fourth-order valence-corrected chi connectivity index (χ4v) is 0.725. The van der Waals surface area contributed by atoms with E-state index >= 15 is 0 Å². The number of halogens is 2. The second-order valence-electron chi connectivity index (χ2n) is 2.40. The van der Waals surface area contributed by atoms with E-state index in [0.29, 0.717) is 6.42 Å². The Kier molecular flexibility index (Phi) is 3.15. The fourth-order valence-electron chi connectivity index (χ4n) is 0.725. The van der Waals surface area contributed by atoms with E-state index in [4.69, 9.17) is 5.11 Å². The average molecular weight is 192 g/mol. The minimum absolute atomic E-state index is 0.0758. The molecule has 0 saturated carbocycles. The first-order valence-corrected chi connectivity index (χ1v) is 3.74. The highest BCUT2D eigenvalue weighted by Gasteiger charge is 2.14. The number of aliphatic hydroxyl groups excluding tert-OH is 1. The second kappa shape index (κ2) is 4.15. The molecule has 1 aliphatic heterocycles. The molecule has 0 saturated heterocycles. The molecule has 5 nitrogen and oxygen atoms in total. The SMILES string of the molecule is CCC(O)/N=C1\C=C(F)NN(F)N1. The largest absolute Gasteiger partial charge is 0.372 e. The molecule has 1 atom stereocenters. The number of amidine groups is 1. The molecule has 0 fully saturated rings. The lowest BCUT2D eigenvalue weighted by Gasteiger charge is -2.19. The summed E-state index contributed by atoms with van der Waals surface area (Å²) in [5.74, 6) is -0.962. The van der Waals surface area contributed by atoms with Gasteiger partial charge in [0.15, 0.2) is 0 Å². The van der Waals surface area contributed by atoms with E-state index in [2.05, 4.69) is 4.99 Å². The van der Waals surface area contributed by atoms with Crippen LogP contribution in [0.25, 0.3) is 0 Å². The number of hydrazine groups is 2. The maximum absolute atomic E-state index is 12.5. The van der Waals surface area contributed by atoms with E-state index in [0.717, 1.165) is 6.08 Å².